The van der Waals surface area contributed by atoms with Crippen molar-refractivity contribution in [2.45, 2.75) is 25.8 Å². The van der Waals surface area contributed by atoms with Gasteiger partial charge in [0, 0.05) is 11.6 Å². The van der Waals surface area contributed by atoms with E-state index in [9.17, 15) is 14.9 Å². The molecule has 1 aromatic heterocycles. The maximum atomic E-state index is 10.9. The molecule has 1 heterocycles. The van der Waals surface area contributed by atoms with E-state index >= 15 is 0 Å². The van der Waals surface area contributed by atoms with Gasteiger partial charge in [-0.15, -0.1) is 0 Å². The number of carbonyl (C=O) groups is 1. The van der Waals surface area contributed by atoms with Gasteiger partial charge in [0.05, 0.1) is 9.40 Å². The van der Waals surface area contributed by atoms with E-state index in [0.29, 0.717) is 15.9 Å². The number of carboxylic acids is 1. The summed E-state index contributed by atoms with van der Waals surface area (Å²) in [5, 5.41) is 19.7. The van der Waals surface area contributed by atoms with E-state index in [-0.39, 0.29) is 18.3 Å². The lowest BCUT2D eigenvalue weighted by molar-refractivity contribution is -0.385. The van der Waals surface area contributed by atoms with Crippen molar-refractivity contribution in [2.75, 3.05) is 11.4 Å². The molecule has 102 valence electrons. The monoisotopic (exact) mass is 329 g/mol. The minimum absolute atomic E-state index is 0.0818. The van der Waals surface area contributed by atoms with Crippen LogP contribution in [0, 0.1) is 17.0 Å². The Morgan fingerprint density at radius 3 is 2.79 bits per heavy atom. The number of hydrogen-bond acceptors (Lipinski definition) is 5. The zero-order valence-electron chi connectivity index (χ0n) is 10.2. The first-order valence-corrected chi connectivity index (χ1v) is 6.49. The first-order chi connectivity index (χ1) is 8.91. The van der Waals surface area contributed by atoms with Gasteiger partial charge in [0.2, 0.25) is 0 Å². The van der Waals surface area contributed by atoms with E-state index in [2.05, 4.69) is 20.9 Å². The van der Waals surface area contributed by atoms with Crippen LogP contribution >= 0.6 is 15.9 Å². The number of aromatic nitrogens is 1. The zero-order valence-corrected chi connectivity index (χ0v) is 11.8. The van der Waals surface area contributed by atoms with Crippen molar-refractivity contribution in [1.29, 1.82) is 0 Å². The molecule has 1 aliphatic rings. The van der Waals surface area contributed by atoms with Gasteiger partial charge in [-0.3, -0.25) is 14.9 Å². The van der Waals surface area contributed by atoms with Crippen molar-refractivity contribution in [1.82, 2.24) is 4.98 Å². The number of anilines is 1. The summed E-state index contributed by atoms with van der Waals surface area (Å²) in [4.78, 5) is 26.9. The number of nitro groups is 1. The first-order valence-electron chi connectivity index (χ1n) is 5.69. The second-order valence-corrected chi connectivity index (χ2v) is 5.21. The maximum absolute atomic E-state index is 10.9. The Bertz CT molecular complexity index is 545. The molecular formula is C11H12BrN3O4. The van der Waals surface area contributed by atoms with Crippen molar-refractivity contribution >= 4 is 33.4 Å². The fraction of sp³-hybridized carbons (Fsp3) is 0.455. The van der Waals surface area contributed by atoms with E-state index < -0.39 is 10.9 Å². The van der Waals surface area contributed by atoms with Crippen molar-refractivity contribution in [3.05, 3.63) is 26.3 Å². The summed E-state index contributed by atoms with van der Waals surface area (Å²) in [6, 6.07) is 0.153. The average molecular weight is 330 g/mol. The van der Waals surface area contributed by atoms with Crippen LogP contribution in [0.25, 0.3) is 0 Å². The molecule has 19 heavy (non-hydrogen) atoms. The lowest BCUT2D eigenvalue weighted by Gasteiger charge is -2.23. The molecule has 0 atom stereocenters. The number of halogens is 1. The summed E-state index contributed by atoms with van der Waals surface area (Å²) in [6.07, 6.45) is 3.00. The third-order valence-electron chi connectivity index (χ3n) is 2.98. The Morgan fingerprint density at radius 1 is 1.68 bits per heavy atom. The predicted octanol–water partition coefficient (Wildman–Crippen LogP) is 2.11. The SMILES string of the molecule is Cc1c([N+](=O)[O-])cnc(N(CC(=O)O)C2CC2)c1Br. The van der Waals surface area contributed by atoms with E-state index in [4.69, 9.17) is 5.11 Å². The van der Waals surface area contributed by atoms with Gasteiger partial charge >= 0.3 is 5.97 Å². The third-order valence-corrected chi connectivity index (χ3v) is 3.93. The van der Waals surface area contributed by atoms with Crippen LogP contribution in [0.3, 0.4) is 0 Å². The van der Waals surface area contributed by atoms with Gasteiger partial charge in [0.1, 0.15) is 18.6 Å². The fourth-order valence-corrected chi connectivity index (χ4v) is 2.38. The second-order valence-electron chi connectivity index (χ2n) is 4.42. The zero-order chi connectivity index (χ0) is 14.2. The van der Waals surface area contributed by atoms with Crippen molar-refractivity contribution in [3.63, 3.8) is 0 Å². The molecule has 1 aliphatic carbocycles. The average Bonchev–Trinajstić information content (AvgIpc) is 3.13. The molecule has 2 rings (SSSR count). The van der Waals surface area contributed by atoms with Crippen LogP contribution in [0.15, 0.2) is 10.7 Å². The standard InChI is InChI=1S/C11H12BrN3O4/c1-6-8(15(18)19)4-13-11(10(6)12)14(5-9(16)17)7-2-3-7/h4,7H,2-3,5H2,1H3,(H,16,17). The van der Waals surface area contributed by atoms with Crippen LogP contribution in [0.5, 0.6) is 0 Å². The summed E-state index contributed by atoms with van der Waals surface area (Å²) in [5.74, 6) is -0.496. The van der Waals surface area contributed by atoms with Crippen molar-refractivity contribution < 1.29 is 14.8 Å². The van der Waals surface area contributed by atoms with Gasteiger partial charge in [0.25, 0.3) is 5.69 Å². The summed E-state index contributed by atoms with van der Waals surface area (Å²) in [5.41, 5.74) is 0.368. The molecule has 0 unspecified atom stereocenters. The van der Waals surface area contributed by atoms with Gasteiger partial charge in [-0.1, -0.05) is 0 Å². The molecule has 0 aromatic carbocycles. The first kappa shape index (κ1) is 13.7. The van der Waals surface area contributed by atoms with Crippen LogP contribution in [0.4, 0.5) is 11.5 Å². The van der Waals surface area contributed by atoms with E-state index in [1.54, 1.807) is 11.8 Å². The topological polar surface area (TPSA) is 96.6 Å². The molecule has 1 saturated carbocycles. The fourth-order valence-electron chi connectivity index (χ4n) is 1.85. The quantitative estimate of drug-likeness (QED) is 0.656. The lowest BCUT2D eigenvalue weighted by Crippen LogP contribution is -2.32. The van der Waals surface area contributed by atoms with Crippen molar-refractivity contribution in [3.8, 4) is 0 Å². The van der Waals surface area contributed by atoms with Crippen LogP contribution < -0.4 is 4.90 Å². The van der Waals surface area contributed by atoms with Crippen LogP contribution in [0.2, 0.25) is 0 Å². The Balaban J connectivity index is 2.40. The van der Waals surface area contributed by atoms with Crippen LogP contribution in [-0.2, 0) is 4.79 Å². The normalized spacial score (nSPS) is 14.2. The Morgan fingerprint density at radius 2 is 2.32 bits per heavy atom. The van der Waals surface area contributed by atoms with E-state index in [1.807, 2.05) is 0 Å². The molecule has 1 fully saturated rings. The number of aliphatic carboxylic acids is 1. The molecule has 0 saturated heterocycles. The highest BCUT2D eigenvalue weighted by molar-refractivity contribution is 9.10. The predicted molar refractivity (Wildman–Crippen MR) is 71.3 cm³/mol. The summed E-state index contributed by atoms with van der Waals surface area (Å²) >= 11 is 3.28. The Kier molecular flexibility index (Phi) is 3.70. The smallest absolute Gasteiger partial charge is 0.323 e. The molecule has 7 nitrogen and oxygen atoms in total. The summed E-state index contributed by atoms with van der Waals surface area (Å²) in [6.45, 7) is 1.45. The second kappa shape index (κ2) is 5.12. The molecular weight excluding hydrogens is 318 g/mol. The molecule has 0 spiro atoms. The largest absolute Gasteiger partial charge is 0.480 e. The number of carboxylic acid groups (broad SMARTS) is 1. The van der Waals surface area contributed by atoms with Gasteiger partial charge in [-0.25, -0.2) is 4.98 Å². The van der Waals surface area contributed by atoms with Gasteiger partial charge in [-0.2, -0.15) is 0 Å². The molecule has 0 bridgehead atoms. The maximum Gasteiger partial charge on any atom is 0.323 e. The van der Waals surface area contributed by atoms with Gasteiger partial charge in [0.15, 0.2) is 0 Å². The highest BCUT2D eigenvalue weighted by Crippen LogP contribution is 2.37. The molecule has 0 radical (unpaired) electrons. The molecule has 8 heteroatoms. The number of hydrogen-bond donors (Lipinski definition) is 1. The van der Waals surface area contributed by atoms with Crippen LogP contribution in [-0.4, -0.2) is 33.6 Å². The Hall–Kier alpha value is -1.70. The molecule has 0 amide bonds. The van der Waals surface area contributed by atoms with Crippen molar-refractivity contribution in [2.24, 2.45) is 0 Å². The molecule has 1 N–H and O–H groups in total. The highest BCUT2D eigenvalue weighted by Gasteiger charge is 2.33. The number of rotatable bonds is 5. The highest BCUT2D eigenvalue weighted by atomic mass is 79.9. The lowest BCUT2D eigenvalue weighted by atomic mass is 10.2. The minimum Gasteiger partial charge on any atom is -0.480 e. The molecule has 0 aliphatic heterocycles. The van der Waals surface area contributed by atoms with Gasteiger partial charge in [-0.05, 0) is 35.7 Å². The summed E-state index contributed by atoms with van der Waals surface area (Å²) < 4.78 is 0.481. The van der Waals surface area contributed by atoms with Crippen LogP contribution in [0.1, 0.15) is 18.4 Å². The van der Waals surface area contributed by atoms with Gasteiger partial charge < -0.3 is 10.0 Å². The Labute approximate surface area is 117 Å². The number of pyridine rings is 1. The van der Waals surface area contributed by atoms with E-state index in [1.165, 1.54) is 6.20 Å². The minimum atomic E-state index is -0.948. The third kappa shape index (κ3) is 2.83. The van der Waals surface area contributed by atoms with E-state index in [0.717, 1.165) is 12.8 Å². The summed E-state index contributed by atoms with van der Waals surface area (Å²) in [7, 11) is 0. The number of nitrogens with zero attached hydrogens (tertiary/aromatic N) is 3. The molecule has 1 aromatic rings.